The molecule has 1 aliphatic heterocycles. The summed E-state index contributed by atoms with van der Waals surface area (Å²) in [5, 5.41) is 0. The van der Waals surface area contributed by atoms with E-state index in [1.54, 1.807) is 0 Å². The number of amides is 1. The lowest BCUT2D eigenvalue weighted by atomic mass is 10.0. The molecule has 0 bridgehead atoms. The molecule has 0 saturated carbocycles. The number of benzene rings is 1. The third kappa shape index (κ3) is 4.58. The molecule has 138 valence electrons. The Morgan fingerprint density at radius 3 is 2.81 bits per heavy atom. The van der Waals surface area contributed by atoms with E-state index in [1.165, 1.54) is 24.3 Å². The Bertz CT molecular complexity index is 749. The van der Waals surface area contributed by atoms with Gasteiger partial charge >= 0.3 is 0 Å². The molecule has 1 saturated heterocycles. The smallest absolute Gasteiger partial charge is 0.261 e. The molecule has 0 spiro atoms. The van der Waals surface area contributed by atoms with Crippen LogP contribution in [0.1, 0.15) is 30.1 Å². The maximum absolute atomic E-state index is 12.9. The number of hydrogen-bond donors (Lipinski definition) is 0. The zero-order valence-electron chi connectivity index (χ0n) is 15.2. The number of halogens is 1. The lowest BCUT2D eigenvalue weighted by Crippen LogP contribution is -2.34. The van der Waals surface area contributed by atoms with E-state index in [9.17, 15) is 9.18 Å². The summed E-state index contributed by atoms with van der Waals surface area (Å²) in [5.74, 6) is 0.116. The van der Waals surface area contributed by atoms with Crippen LogP contribution in [-0.4, -0.2) is 47.9 Å². The summed E-state index contributed by atoms with van der Waals surface area (Å²) in [6, 6.07) is 9.82. The van der Waals surface area contributed by atoms with Crippen molar-refractivity contribution >= 4 is 5.91 Å². The molecule has 1 atom stereocenters. The Kier molecular flexibility index (Phi) is 5.83. The molecular formula is C20H24FN3O2. The van der Waals surface area contributed by atoms with E-state index in [1.807, 2.05) is 31.3 Å². The van der Waals surface area contributed by atoms with Gasteiger partial charge in [-0.15, -0.1) is 0 Å². The van der Waals surface area contributed by atoms with Gasteiger partial charge in [-0.1, -0.05) is 0 Å². The average molecular weight is 357 g/mol. The monoisotopic (exact) mass is 357 g/mol. The van der Waals surface area contributed by atoms with E-state index in [0.29, 0.717) is 5.75 Å². The number of aromatic nitrogens is 1. The van der Waals surface area contributed by atoms with E-state index in [2.05, 4.69) is 16.0 Å². The van der Waals surface area contributed by atoms with E-state index < -0.39 is 0 Å². The molecule has 2 aromatic rings. The van der Waals surface area contributed by atoms with Gasteiger partial charge in [-0.05, 0) is 68.9 Å². The summed E-state index contributed by atoms with van der Waals surface area (Å²) in [5.41, 5.74) is 2.11. The molecule has 1 aliphatic rings. The lowest BCUT2D eigenvalue weighted by molar-refractivity contribution is -0.134. The van der Waals surface area contributed by atoms with Gasteiger partial charge in [-0.25, -0.2) is 4.39 Å². The van der Waals surface area contributed by atoms with Crippen molar-refractivity contribution in [3.05, 3.63) is 59.7 Å². The van der Waals surface area contributed by atoms with Crippen molar-refractivity contribution in [2.24, 2.45) is 0 Å². The van der Waals surface area contributed by atoms with Gasteiger partial charge in [0.2, 0.25) is 0 Å². The van der Waals surface area contributed by atoms with Gasteiger partial charge in [-0.2, -0.15) is 0 Å². The van der Waals surface area contributed by atoms with E-state index >= 15 is 0 Å². The average Bonchev–Trinajstić information content (AvgIpc) is 3.10. The number of carbonyl (C=O) groups is 1. The number of likely N-dealkylation sites (tertiary alicyclic amines) is 1. The minimum absolute atomic E-state index is 0.0439. The highest BCUT2D eigenvalue weighted by molar-refractivity contribution is 5.78. The number of carbonyl (C=O) groups excluding carboxylic acids is 1. The summed E-state index contributed by atoms with van der Waals surface area (Å²) in [4.78, 5) is 21.0. The van der Waals surface area contributed by atoms with Crippen molar-refractivity contribution < 1.29 is 13.9 Å². The zero-order valence-corrected chi connectivity index (χ0v) is 15.2. The molecule has 1 amide bonds. The van der Waals surface area contributed by atoms with Crippen LogP contribution in [0.5, 0.6) is 5.75 Å². The van der Waals surface area contributed by atoms with Gasteiger partial charge in [0, 0.05) is 19.3 Å². The number of nitrogens with zero attached hydrogens (tertiary/aromatic N) is 3. The predicted molar refractivity (Wildman–Crippen MR) is 97.2 cm³/mol. The third-order valence-corrected chi connectivity index (χ3v) is 4.45. The fourth-order valence-electron chi connectivity index (χ4n) is 3.29. The molecule has 0 radical (unpaired) electrons. The second-order valence-electron chi connectivity index (χ2n) is 6.81. The second-order valence-corrected chi connectivity index (χ2v) is 6.81. The summed E-state index contributed by atoms with van der Waals surface area (Å²) < 4.78 is 18.5. The maximum Gasteiger partial charge on any atom is 0.261 e. The first-order valence-corrected chi connectivity index (χ1v) is 8.80. The number of ether oxygens (including phenoxy) is 1. The molecule has 2 heterocycles. The van der Waals surface area contributed by atoms with Crippen molar-refractivity contribution in [2.75, 3.05) is 27.2 Å². The van der Waals surface area contributed by atoms with Crippen LogP contribution >= 0.6 is 0 Å². The summed E-state index contributed by atoms with van der Waals surface area (Å²) in [6.45, 7) is 1.45. The van der Waals surface area contributed by atoms with Crippen LogP contribution in [0.4, 0.5) is 4.39 Å². The van der Waals surface area contributed by atoms with Crippen molar-refractivity contribution in [2.45, 2.75) is 25.4 Å². The zero-order chi connectivity index (χ0) is 18.5. The first-order chi connectivity index (χ1) is 12.5. The predicted octanol–water partition coefficient (Wildman–Crippen LogP) is 3.02. The fraction of sp³-hybridized carbons (Fsp3) is 0.400. The quantitative estimate of drug-likeness (QED) is 0.797. The van der Waals surface area contributed by atoms with Gasteiger partial charge in [0.25, 0.3) is 5.91 Å². The van der Waals surface area contributed by atoms with E-state index in [-0.39, 0.29) is 24.4 Å². The van der Waals surface area contributed by atoms with Gasteiger partial charge in [0.05, 0.1) is 11.7 Å². The highest BCUT2D eigenvalue weighted by Gasteiger charge is 2.30. The molecule has 3 rings (SSSR count). The van der Waals surface area contributed by atoms with E-state index in [4.69, 9.17) is 4.74 Å². The van der Waals surface area contributed by atoms with Crippen LogP contribution < -0.4 is 4.74 Å². The normalized spacial score (nSPS) is 16.9. The Labute approximate surface area is 153 Å². The summed E-state index contributed by atoms with van der Waals surface area (Å²) >= 11 is 0. The van der Waals surface area contributed by atoms with Crippen molar-refractivity contribution in [1.82, 2.24) is 14.8 Å². The first kappa shape index (κ1) is 18.3. The Hall–Kier alpha value is -2.47. The third-order valence-electron chi connectivity index (χ3n) is 4.45. The highest BCUT2D eigenvalue weighted by Crippen LogP contribution is 2.32. The Morgan fingerprint density at radius 1 is 1.31 bits per heavy atom. The van der Waals surface area contributed by atoms with Crippen LogP contribution in [0, 0.1) is 5.82 Å². The summed E-state index contributed by atoms with van der Waals surface area (Å²) in [7, 11) is 4.01. The molecule has 0 N–H and O–H groups in total. The fourth-order valence-corrected chi connectivity index (χ4v) is 3.29. The van der Waals surface area contributed by atoms with Gasteiger partial charge < -0.3 is 14.5 Å². The van der Waals surface area contributed by atoms with Crippen molar-refractivity contribution in [3.63, 3.8) is 0 Å². The van der Waals surface area contributed by atoms with E-state index in [0.717, 1.165) is 37.2 Å². The van der Waals surface area contributed by atoms with Crippen molar-refractivity contribution in [3.8, 4) is 5.75 Å². The Morgan fingerprint density at radius 2 is 2.08 bits per heavy atom. The maximum atomic E-state index is 12.9. The van der Waals surface area contributed by atoms with Gasteiger partial charge in [0.1, 0.15) is 11.6 Å². The molecule has 0 aliphatic carbocycles. The number of rotatable bonds is 6. The number of pyridine rings is 1. The first-order valence-electron chi connectivity index (χ1n) is 8.80. The largest absolute Gasteiger partial charge is 0.484 e. The van der Waals surface area contributed by atoms with Crippen LogP contribution in [-0.2, 0) is 11.3 Å². The standard InChI is InChI=1S/C20H24FN3O2/c1-23(2)13-17-12-15(9-10-22-17)19-4-3-11-24(19)20(25)14-26-18-7-5-16(21)6-8-18/h5-10,12,19H,3-4,11,13-14H2,1-2H3/t19-/m1/s1. The number of hydrogen-bond acceptors (Lipinski definition) is 4. The lowest BCUT2D eigenvalue weighted by Gasteiger charge is -2.25. The van der Waals surface area contributed by atoms with Crippen LogP contribution in [0.3, 0.4) is 0 Å². The second kappa shape index (κ2) is 8.27. The molecular weight excluding hydrogens is 333 g/mol. The van der Waals surface area contributed by atoms with Gasteiger partial charge in [-0.3, -0.25) is 9.78 Å². The molecule has 0 unspecified atom stereocenters. The molecule has 1 aromatic heterocycles. The van der Waals surface area contributed by atoms with Crippen molar-refractivity contribution in [1.29, 1.82) is 0 Å². The Balaban J connectivity index is 1.65. The highest BCUT2D eigenvalue weighted by atomic mass is 19.1. The van der Waals surface area contributed by atoms with Crippen LogP contribution in [0.2, 0.25) is 0 Å². The van der Waals surface area contributed by atoms with Crippen LogP contribution in [0.25, 0.3) is 0 Å². The molecule has 6 heteroatoms. The molecule has 1 fully saturated rings. The van der Waals surface area contributed by atoms with Crippen LogP contribution in [0.15, 0.2) is 42.6 Å². The molecule has 26 heavy (non-hydrogen) atoms. The molecule has 1 aromatic carbocycles. The SMILES string of the molecule is CN(C)Cc1cc([C@H]2CCCN2C(=O)COc2ccc(F)cc2)ccn1. The topological polar surface area (TPSA) is 45.7 Å². The minimum atomic E-state index is -0.325. The summed E-state index contributed by atoms with van der Waals surface area (Å²) in [6.07, 6.45) is 3.72. The molecule has 5 nitrogen and oxygen atoms in total. The van der Waals surface area contributed by atoms with Gasteiger partial charge in [0.15, 0.2) is 6.61 Å². The minimum Gasteiger partial charge on any atom is -0.484 e.